The van der Waals surface area contributed by atoms with Crippen molar-refractivity contribution in [2.75, 3.05) is 0 Å². The number of aryl methyl sites for hydroxylation is 1. The molecule has 1 saturated carbocycles. The Kier molecular flexibility index (Phi) is 3.48. The van der Waals surface area contributed by atoms with E-state index in [-0.39, 0.29) is 6.10 Å². The van der Waals surface area contributed by atoms with Crippen LogP contribution in [0.3, 0.4) is 0 Å². The molecule has 21 heavy (non-hydrogen) atoms. The van der Waals surface area contributed by atoms with Crippen molar-refractivity contribution in [3.8, 4) is 0 Å². The maximum atomic E-state index is 9.87. The molecule has 4 rings (SSSR count). The Bertz CT molecular complexity index is 633. The molecule has 2 aliphatic rings. The predicted molar refractivity (Wildman–Crippen MR) is 85.4 cm³/mol. The van der Waals surface area contributed by atoms with Crippen LogP contribution in [0.4, 0.5) is 0 Å². The lowest BCUT2D eigenvalue weighted by Gasteiger charge is -2.32. The number of aliphatic hydroxyl groups excluding tert-OH is 1. The largest absolute Gasteiger partial charge is 0.393 e. The molecule has 3 nitrogen and oxygen atoms in total. The van der Waals surface area contributed by atoms with Gasteiger partial charge < -0.3 is 15.4 Å². The van der Waals surface area contributed by atoms with Crippen molar-refractivity contribution in [2.45, 2.75) is 63.1 Å². The van der Waals surface area contributed by atoms with E-state index in [0.29, 0.717) is 12.1 Å². The number of hydrogen-bond acceptors (Lipinski definition) is 2. The van der Waals surface area contributed by atoms with Gasteiger partial charge in [0.1, 0.15) is 0 Å². The van der Waals surface area contributed by atoms with Crippen LogP contribution < -0.4 is 5.32 Å². The summed E-state index contributed by atoms with van der Waals surface area (Å²) in [5.41, 5.74) is 4.16. The lowest BCUT2D eigenvalue weighted by atomic mass is 9.88. The molecule has 0 saturated heterocycles. The minimum Gasteiger partial charge on any atom is -0.393 e. The molecule has 0 radical (unpaired) electrons. The number of aromatic nitrogens is 1. The number of fused-ring (bicyclic) bond motifs is 3. The molecule has 0 amide bonds. The van der Waals surface area contributed by atoms with E-state index in [1.807, 2.05) is 0 Å². The highest BCUT2D eigenvalue weighted by atomic mass is 16.3. The number of nitrogens with one attached hydrogen (secondary N) is 2. The van der Waals surface area contributed by atoms with Gasteiger partial charge in [0.05, 0.1) is 6.10 Å². The zero-order chi connectivity index (χ0) is 14.2. The van der Waals surface area contributed by atoms with E-state index in [4.69, 9.17) is 0 Å². The fraction of sp³-hybridized carbons (Fsp3) is 0.556. The van der Waals surface area contributed by atoms with Gasteiger partial charge in [-0.25, -0.2) is 0 Å². The zero-order valence-electron chi connectivity index (χ0n) is 12.4. The molecule has 3 unspecified atom stereocenters. The standard InChI is InChI=1S/C18H24N2O/c21-13-6-3-5-12(11-13)19-17-10-4-8-15-14-7-1-2-9-16(14)20-18(15)17/h1-2,7,9,12-13,17,19-21H,3-6,8,10-11H2. The summed E-state index contributed by atoms with van der Waals surface area (Å²) < 4.78 is 0. The first-order valence-electron chi connectivity index (χ1n) is 8.35. The third kappa shape index (κ3) is 2.49. The third-order valence-electron chi connectivity index (χ3n) is 5.20. The highest BCUT2D eigenvalue weighted by Gasteiger charge is 2.28. The topological polar surface area (TPSA) is 48.0 Å². The average Bonchev–Trinajstić information content (AvgIpc) is 2.87. The summed E-state index contributed by atoms with van der Waals surface area (Å²) in [5.74, 6) is 0. The quantitative estimate of drug-likeness (QED) is 0.791. The van der Waals surface area contributed by atoms with Crippen molar-refractivity contribution in [1.82, 2.24) is 10.3 Å². The summed E-state index contributed by atoms with van der Waals surface area (Å²) in [7, 11) is 0. The van der Waals surface area contributed by atoms with E-state index in [9.17, 15) is 5.11 Å². The number of para-hydroxylation sites is 1. The lowest BCUT2D eigenvalue weighted by Crippen LogP contribution is -2.39. The first kappa shape index (κ1) is 13.4. The Morgan fingerprint density at radius 3 is 2.90 bits per heavy atom. The minimum absolute atomic E-state index is 0.109. The maximum absolute atomic E-state index is 9.87. The molecule has 112 valence electrons. The van der Waals surface area contributed by atoms with Gasteiger partial charge in [0.25, 0.3) is 0 Å². The third-order valence-corrected chi connectivity index (χ3v) is 5.20. The van der Waals surface area contributed by atoms with Crippen molar-refractivity contribution < 1.29 is 5.11 Å². The van der Waals surface area contributed by atoms with Gasteiger partial charge in [-0.1, -0.05) is 18.2 Å². The van der Waals surface area contributed by atoms with E-state index in [2.05, 4.69) is 34.6 Å². The van der Waals surface area contributed by atoms with Crippen molar-refractivity contribution in [2.24, 2.45) is 0 Å². The number of hydrogen-bond donors (Lipinski definition) is 3. The van der Waals surface area contributed by atoms with Crippen molar-refractivity contribution in [3.05, 3.63) is 35.5 Å². The van der Waals surface area contributed by atoms with Crippen LogP contribution in [0.25, 0.3) is 10.9 Å². The van der Waals surface area contributed by atoms with Crippen LogP contribution in [0.1, 0.15) is 55.8 Å². The van der Waals surface area contributed by atoms with Gasteiger partial charge in [0.2, 0.25) is 0 Å². The molecule has 2 aromatic rings. The fourth-order valence-electron chi connectivity index (χ4n) is 4.18. The maximum Gasteiger partial charge on any atom is 0.0555 e. The first-order chi connectivity index (χ1) is 10.3. The SMILES string of the molecule is OC1CCCC(NC2CCCc3c2[nH]c2ccccc32)C1. The molecule has 0 spiro atoms. The average molecular weight is 284 g/mol. The van der Waals surface area contributed by atoms with Crippen molar-refractivity contribution in [1.29, 1.82) is 0 Å². The number of rotatable bonds is 2. The van der Waals surface area contributed by atoms with E-state index < -0.39 is 0 Å². The summed E-state index contributed by atoms with van der Waals surface area (Å²) in [6.45, 7) is 0. The van der Waals surface area contributed by atoms with E-state index in [1.54, 1.807) is 0 Å². The molecule has 1 aromatic heterocycles. The molecule has 3 atom stereocenters. The molecule has 0 bridgehead atoms. The summed E-state index contributed by atoms with van der Waals surface area (Å²) in [6, 6.07) is 9.54. The second-order valence-corrected chi connectivity index (χ2v) is 6.69. The summed E-state index contributed by atoms with van der Waals surface area (Å²) in [4.78, 5) is 3.64. The normalized spacial score (nSPS) is 29.5. The molecular formula is C18H24N2O. The van der Waals surface area contributed by atoms with E-state index in [0.717, 1.165) is 19.3 Å². The Labute approximate surface area is 125 Å². The van der Waals surface area contributed by atoms with Gasteiger partial charge in [-0.05, 0) is 56.6 Å². The zero-order valence-corrected chi connectivity index (χ0v) is 12.4. The molecule has 0 aliphatic heterocycles. The molecule has 3 heteroatoms. The summed E-state index contributed by atoms with van der Waals surface area (Å²) in [5, 5.41) is 15.1. The number of aromatic amines is 1. The Balaban J connectivity index is 1.61. The van der Waals surface area contributed by atoms with Crippen LogP contribution in [-0.2, 0) is 6.42 Å². The lowest BCUT2D eigenvalue weighted by molar-refractivity contribution is 0.107. The Morgan fingerprint density at radius 1 is 1.10 bits per heavy atom. The van der Waals surface area contributed by atoms with Crippen LogP contribution in [0.2, 0.25) is 0 Å². The van der Waals surface area contributed by atoms with Gasteiger partial charge in [-0.3, -0.25) is 0 Å². The van der Waals surface area contributed by atoms with Crippen LogP contribution in [0.5, 0.6) is 0 Å². The predicted octanol–water partition coefficient (Wildman–Crippen LogP) is 3.44. The smallest absolute Gasteiger partial charge is 0.0555 e. The number of benzene rings is 1. The van der Waals surface area contributed by atoms with E-state index >= 15 is 0 Å². The van der Waals surface area contributed by atoms with Crippen molar-refractivity contribution >= 4 is 10.9 Å². The molecule has 2 aliphatic carbocycles. The van der Waals surface area contributed by atoms with Gasteiger partial charge in [-0.2, -0.15) is 0 Å². The van der Waals surface area contributed by atoms with Gasteiger partial charge >= 0.3 is 0 Å². The second kappa shape index (κ2) is 5.47. The number of H-pyrrole nitrogens is 1. The first-order valence-corrected chi connectivity index (χ1v) is 8.35. The highest BCUT2D eigenvalue weighted by Crippen LogP contribution is 2.35. The van der Waals surface area contributed by atoms with Crippen LogP contribution in [-0.4, -0.2) is 22.2 Å². The monoisotopic (exact) mass is 284 g/mol. The van der Waals surface area contributed by atoms with Gasteiger partial charge in [0.15, 0.2) is 0 Å². The summed E-state index contributed by atoms with van der Waals surface area (Å²) >= 11 is 0. The molecule has 1 heterocycles. The molecule has 1 fully saturated rings. The van der Waals surface area contributed by atoms with Crippen LogP contribution in [0.15, 0.2) is 24.3 Å². The molecular weight excluding hydrogens is 260 g/mol. The van der Waals surface area contributed by atoms with Gasteiger partial charge in [0, 0.05) is 28.7 Å². The number of aliphatic hydroxyl groups is 1. The minimum atomic E-state index is -0.109. The molecule has 3 N–H and O–H groups in total. The fourth-order valence-corrected chi connectivity index (χ4v) is 4.18. The summed E-state index contributed by atoms with van der Waals surface area (Å²) in [6.07, 6.45) is 7.75. The van der Waals surface area contributed by atoms with Crippen LogP contribution in [0, 0.1) is 0 Å². The Hall–Kier alpha value is -1.32. The second-order valence-electron chi connectivity index (χ2n) is 6.69. The van der Waals surface area contributed by atoms with Crippen LogP contribution >= 0.6 is 0 Å². The highest BCUT2D eigenvalue weighted by molar-refractivity contribution is 5.85. The molecule has 1 aromatic carbocycles. The van der Waals surface area contributed by atoms with Gasteiger partial charge in [-0.15, -0.1) is 0 Å². The van der Waals surface area contributed by atoms with E-state index in [1.165, 1.54) is 47.8 Å². The Morgan fingerprint density at radius 2 is 2.00 bits per heavy atom. The van der Waals surface area contributed by atoms with Crippen molar-refractivity contribution in [3.63, 3.8) is 0 Å².